The van der Waals surface area contributed by atoms with Crippen LogP contribution in [0.5, 0.6) is 5.75 Å². The van der Waals surface area contributed by atoms with Crippen molar-refractivity contribution in [3.63, 3.8) is 0 Å². The van der Waals surface area contributed by atoms with Crippen molar-refractivity contribution in [2.45, 2.75) is 18.9 Å². The van der Waals surface area contributed by atoms with Crippen LogP contribution in [0.4, 0.5) is 5.69 Å². The minimum atomic E-state index is -0.0232. The van der Waals surface area contributed by atoms with Crippen LogP contribution < -0.4 is 15.4 Å². The van der Waals surface area contributed by atoms with Gasteiger partial charge in [-0.25, -0.2) is 0 Å². The number of ether oxygens (including phenoxy) is 1. The lowest BCUT2D eigenvalue weighted by Gasteiger charge is -2.34. The molecule has 1 aromatic carbocycles. The van der Waals surface area contributed by atoms with Crippen molar-refractivity contribution >= 4 is 23.2 Å². The van der Waals surface area contributed by atoms with E-state index < -0.39 is 0 Å². The first-order valence-corrected chi connectivity index (χ1v) is 8.12. The summed E-state index contributed by atoms with van der Waals surface area (Å²) in [4.78, 5) is 14.5. The maximum atomic E-state index is 12.3. The van der Waals surface area contributed by atoms with Crippen LogP contribution in [0.1, 0.15) is 12.8 Å². The third-order valence-corrected chi connectivity index (χ3v) is 4.78. The number of amides is 1. The Morgan fingerprint density at radius 1 is 1.50 bits per heavy atom. The number of nitrogens with zero attached hydrogens (tertiary/aromatic N) is 1. The molecular weight excluding hydrogens is 302 g/mol. The predicted octanol–water partition coefficient (Wildman–Crippen LogP) is 1.97. The number of likely N-dealkylation sites (tertiary alicyclic amines) is 1. The lowest BCUT2D eigenvalue weighted by molar-refractivity contribution is -0.117. The van der Waals surface area contributed by atoms with Crippen molar-refractivity contribution in [3.05, 3.63) is 23.2 Å². The Kier molecular flexibility index (Phi) is 4.86. The zero-order valence-corrected chi connectivity index (χ0v) is 13.5. The lowest BCUT2D eigenvalue weighted by atomic mass is 9.93. The summed E-state index contributed by atoms with van der Waals surface area (Å²) in [5.41, 5.74) is 0.623. The first-order valence-electron chi connectivity index (χ1n) is 7.75. The molecule has 2 unspecified atom stereocenters. The van der Waals surface area contributed by atoms with Crippen molar-refractivity contribution in [2.75, 3.05) is 38.6 Å². The normalized spacial score (nSPS) is 24.8. The van der Waals surface area contributed by atoms with Gasteiger partial charge in [0.05, 0.1) is 19.3 Å². The molecule has 0 aliphatic carbocycles. The molecule has 0 aromatic heterocycles. The Hall–Kier alpha value is -1.30. The highest BCUT2D eigenvalue weighted by atomic mass is 35.5. The number of hydrogen-bond donors (Lipinski definition) is 2. The van der Waals surface area contributed by atoms with Crippen molar-refractivity contribution in [3.8, 4) is 5.75 Å². The highest BCUT2D eigenvalue weighted by molar-refractivity contribution is 6.31. The molecule has 2 aliphatic rings. The van der Waals surface area contributed by atoms with Crippen molar-refractivity contribution in [1.82, 2.24) is 10.2 Å². The van der Waals surface area contributed by atoms with Gasteiger partial charge >= 0.3 is 0 Å². The van der Waals surface area contributed by atoms with Gasteiger partial charge in [0.15, 0.2) is 0 Å². The van der Waals surface area contributed by atoms with E-state index in [1.165, 1.54) is 6.42 Å². The molecular formula is C16H22ClN3O2. The number of carbonyl (C=O) groups excluding carboxylic acids is 1. The fraction of sp³-hybridized carbons (Fsp3) is 0.562. The molecule has 0 radical (unpaired) electrons. The fourth-order valence-electron chi connectivity index (χ4n) is 3.44. The summed E-state index contributed by atoms with van der Waals surface area (Å²) in [6.07, 6.45) is 2.34. The number of hydrogen-bond acceptors (Lipinski definition) is 4. The predicted molar refractivity (Wildman–Crippen MR) is 87.6 cm³/mol. The van der Waals surface area contributed by atoms with E-state index in [1.807, 2.05) is 0 Å². The largest absolute Gasteiger partial charge is 0.495 e. The summed E-state index contributed by atoms with van der Waals surface area (Å²) < 4.78 is 5.25. The molecule has 6 heteroatoms. The van der Waals surface area contributed by atoms with Gasteiger partial charge in [-0.3, -0.25) is 9.69 Å². The summed E-state index contributed by atoms with van der Waals surface area (Å²) in [7, 11) is 1.58. The van der Waals surface area contributed by atoms with Crippen LogP contribution in [0.2, 0.25) is 5.02 Å². The van der Waals surface area contributed by atoms with Gasteiger partial charge in [-0.15, -0.1) is 0 Å². The van der Waals surface area contributed by atoms with Crippen LogP contribution in [0, 0.1) is 5.92 Å². The maximum absolute atomic E-state index is 12.3. The van der Waals surface area contributed by atoms with Gasteiger partial charge in [0.1, 0.15) is 5.75 Å². The molecule has 2 heterocycles. The third kappa shape index (κ3) is 3.54. The van der Waals surface area contributed by atoms with E-state index in [0.717, 1.165) is 26.1 Å². The van der Waals surface area contributed by atoms with Crippen molar-refractivity contribution in [2.24, 2.45) is 5.92 Å². The molecule has 0 saturated carbocycles. The highest BCUT2D eigenvalue weighted by Gasteiger charge is 2.33. The van der Waals surface area contributed by atoms with Crippen LogP contribution in [0.25, 0.3) is 0 Å². The number of methoxy groups -OCH3 is 1. The van der Waals surface area contributed by atoms with Crippen molar-refractivity contribution in [1.29, 1.82) is 0 Å². The van der Waals surface area contributed by atoms with Gasteiger partial charge in [-0.1, -0.05) is 11.6 Å². The second-order valence-electron chi connectivity index (χ2n) is 6.03. The first kappa shape index (κ1) is 15.6. The molecule has 120 valence electrons. The van der Waals surface area contributed by atoms with E-state index in [2.05, 4.69) is 15.5 Å². The Labute approximate surface area is 136 Å². The highest BCUT2D eigenvalue weighted by Crippen LogP contribution is 2.28. The van der Waals surface area contributed by atoms with Gasteiger partial charge in [0.25, 0.3) is 0 Å². The lowest BCUT2D eigenvalue weighted by Crippen LogP contribution is -2.46. The molecule has 0 bridgehead atoms. The molecule has 1 amide bonds. The smallest absolute Gasteiger partial charge is 0.238 e. The van der Waals surface area contributed by atoms with Crippen LogP contribution in [0.15, 0.2) is 18.2 Å². The van der Waals surface area contributed by atoms with E-state index >= 15 is 0 Å². The SMILES string of the molecule is COc1ccc(Cl)cc1NC(=O)CN1CCC2NCCC2C1. The number of nitrogens with one attached hydrogen (secondary N) is 2. The topological polar surface area (TPSA) is 53.6 Å². The minimum Gasteiger partial charge on any atom is -0.495 e. The van der Waals surface area contributed by atoms with E-state index in [1.54, 1.807) is 25.3 Å². The van der Waals surface area contributed by atoms with Gasteiger partial charge in [0, 0.05) is 24.2 Å². The molecule has 2 aliphatic heterocycles. The molecule has 2 saturated heterocycles. The average Bonchev–Trinajstić information content (AvgIpc) is 2.95. The standard InChI is InChI=1S/C16H22ClN3O2/c1-22-15-3-2-12(17)8-14(15)19-16(21)10-20-7-5-13-11(9-20)4-6-18-13/h2-3,8,11,13,18H,4-7,9-10H2,1H3,(H,19,21). The Balaban J connectivity index is 1.57. The van der Waals surface area contributed by atoms with Crippen LogP contribution in [-0.2, 0) is 4.79 Å². The van der Waals surface area contributed by atoms with Gasteiger partial charge < -0.3 is 15.4 Å². The monoisotopic (exact) mass is 323 g/mol. The Morgan fingerprint density at radius 2 is 2.36 bits per heavy atom. The number of piperidine rings is 1. The number of carbonyl (C=O) groups is 1. The molecule has 2 N–H and O–H groups in total. The quantitative estimate of drug-likeness (QED) is 0.889. The van der Waals surface area contributed by atoms with Crippen LogP contribution in [0.3, 0.4) is 0 Å². The second kappa shape index (κ2) is 6.86. The molecule has 2 fully saturated rings. The van der Waals surface area contributed by atoms with Crippen molar-refractivity contribution < 1.29 is 9.53 Å². The number of fused-ring (bicyclic) bond motifs is 1. The van der Waals surface area contributed by atoms with Gasteiger partial charge in [-0.05, 0) is 43.5 Å². The summed E-state index contributed by atoms with van der Waals surface area (Å²) in [6, 6.07) is 5.86. The maximum Gasteiger partial charge on any atom is 0.238 e. The van der Waals surface area contributed by atoms with E-state index in [4.69, 9.17) is 16.3 Å². The molecule has 0 spiro atoms. The van der Waals surface area contributed by atoms with Gasteiger partial charge in [0.2, 0.25) is 5.91 Å². The fourth-order valence-corrected chi connectivity index (χ4v) is 3.61. The molecule has 2 atom stereocenters. The summed E-state index contributed by atoms with van der Waals surface area (Å²) >= 11 is 5.99. The molecule has 1 aromatic rings. The third-order valence-electron chi connectivity index (χ3n) is 4.54. The number of rotatable bonds is 4. The minimum absolute atomic E-state index is 0.0232. The summed E-state index contributed by atoms with van der Waals surface area (Å²) in [5.74, 6) is 1.28. The van der Waals surface area contributed by atoms with E-state index in [-0.39, 0.29) is 5.91 Å². The molecule has 5 nitrogen and oxygen atoms in total. The number of anilines is 1. The van der Waals surface area contributed by atoms with Crippen LogP contribution in [-0.4, -0.2) is 50.1 Å². The first-order chi connectivity index (χ1) is 10.7. The summed E-state index contributed by atoms with van der Waals surface area (Å²) in [6.45, 7) is 3.49. The van der Waals surface area contributed by atoms with Crippen LogP contribution >= 0.6 is 11.6 Å². The zero-order chi connectivity index (χ0) is 15.5. The number of halogens is 1. The van der Waals surface area contributed by atoms with E-state index in [9.17, 15) is 4.79 Å². The zero-order valence-electron chi connectivity index (χ0n) is 12.8. The molecule has 3 rings (SSSR count). The number of benzene rings is 1. The van der Waals surface area contributed by atoms with E-state index in [0.29, 0.717) is 35.0 Å². The second-order valence-corrected chi connectivity index (χ2v) is 6.46. The summed E-state index contributed by atoms with van der Waals surface area (Å²) in [5, 5.41) is 7.02. The average molecular weight is 324 g/mol. The Bertz CT molecular complexity index is 552. The van der Waals surface area contributed by atoms with Gasteiger partial charge in [-0.2, -0.15) is 0 Å². The molecule has 22 heavy (non-hydrogen) atoms. The Morgan fingerprint density at radius 3 is 3.18 bits per heavy atom.